The van der Waals surface area contributed by atoms with Crippen LogP contribution in [0.25, 0.3) is 0 Å². The molecule has 2 heterocycles. The third-order valence-electron chi connectivity index (χ3n) is 5.00. The molecule has 0 unspecified atom stereocenters. The summed E-state index contributed by atoms with van der Waals surface area (Å²) in [5.74, 6) is -0.883. The fraction of sp³-hybridized carbons (Fsp3) is 0.812. The van der Waals surface area contributed by atoms with Gasteiger partial charge in [-0.1, -0.05) is 13.8 Å². The second-order valence-corrected chi connectivity index (χ2v) is 9.67. The predicted octanol–water partition coefficient (Wildman–Crippen LogP) is -0.779. The van der Waals surface area contributed by atoms with Crippen molar-refractivity contribution in [2.45, 2.75) is 45.2 Å². The summed E-state index contributed by atoms with van der Waals surface area (Å²) in [7, 11) is -3.09. The van der Waals surface area contributed by atoms with Crippen LogP contribution in [0.5, 0.6) is 0 Å². The maximum absolute atomic E-state index is 12.8. The van der Waals surface area contributed by atoms with Crippen LogP contribution in [0.2, 0.25) is 0 Å². The number of carbonyl (C=O) groups excluding carboxylic acids is 3. The molecule has 9 nitrogen and oxygen atoms in total. The van der Waals surface area contributed by atoms with Gasteiger partial charge in [0, 0.05) is 25.0 Å². The van der Waals surface area contributed by atoms with Crippen LogP contribution >= 0.6 is 0 Å². The zero-order valence-electron chi connectivity index (χ0n) is 15.2. The number of hydrogen-bond acceptors (Lipinski definition) is 5. The number of carbonyl (C=O) groups is 3. The van der Waals surface area contributed by atoms with E-state index in [-0.39, 0.29) is 35.2 Å². The van der Waals surface area contributed by atoms with Gasteiger partial charge in [-0.2, -0.15) is 0 Å². The number of nitrogens with one attached hydrogen (secondary N) is 2. The van der Waals surface area contributed by atoms with E-state index in [1.165, 1.54) is 0 Å². The van der Waals surface area contributed by atoms with E-state index in [1.54, 1.807) is 4.90 Å². The molecule has 0 saturated carbocycles. The van der Waals surface area contributed by atoms with Crippen LogP contribution in [-0.4, -0.2) is 67.8 Å². The second kappa shape index (κ2) is 8.24. The normalized spacial score (nSPS) is 24.3. The van der Waals surface area contributed by atoms with E-state index in [2.05, 4.69) is 10.6 Å². The van der Waals surface area contributed by atoms with Crippen LogP contribution < -0.4 is 16.4 Å². The summed E-state index contributed by atoms with van der Waals surface area (Å²) in [5.41, 5.74) is 5.31. The first-order valence-electron chi connectivity index (χ1n) is 8.94. The van der Waals surface area contributed by atoms with Crippen molar-refractivity contribution in [2.24, 2.45) is 17.6 Å². The number of nitrogens with two attached hydrogens (primary N) is 1. The summed E-state index contributed by atoms with van der Waals surface area (Å²) in [4.78, 5) is 37.9. The van der Waals surface area contributed by atoms with Crippen molar-refractivity contribution in [3.63, 3.8) is 0 Å². The van der Waals surface area contributed by atoms with Gasteiger partial charge in [0.2, 0.25) is 11.8 Å². The Morgan fingerprint density at radius 3 is 2.19 bits per heavy atom. The molecule has 2 atom stereocenters. The second-order valence-electron chi connectivity index (χ2n) is 7.44. The molecule has 0 radical (unpaired) electrons. The Kier molecular flexibility index (Phi) is 6.48. The number of rotatable bonds is 5. The number of sulfone groups is 1. The molecule has 148 valence electrons. The summed E-state index contributed by atoms with van der Waals surface area (Å²) in [6.07, 6.45) is 1.44. The zero-order valence-corrected chi connectivity index (χ0v) is 16.0. The monoisotopic (exact) mass is 388 g/mol. The SMILES string of the molecule is CC(C)[C@H](NC(=O)N[C@@H]1CCS(=O)(=O)C1)C(=O)N1CCC(C(N)=O)CC1. The lowest BCUT2D eigenvalue weighted by atomic mass is 9.94. The third kappa shape index (κ3) is 5.33. The molecule has 26 heavy (non-hydrogen) atoms. The van der Waals surface area contributed by atoms with Gasteiger partial charge in [-0.25, -0.2) is 13.2 Å². The van der Waals surface area contributed by atoms with Crippen LogP contribution in [0, 0.1) is 11.8 Å². The lowest BCUT2D eigenvalue weighted by molar-refractivity contribution is -0.137. The molecule has 4 N–H and O–H groups in total. The molecular weight excluding hydrogens is 360 g/mol. The molecule has 0 spiro atoms. The highest BCUT2D eigenvalue weighted by atomic mass is 32.2. The van der Waals surface area contributed by atoms with E-state index in [0.29, 0.717) is 32.4 Å². The van der Waals surface area contributed by atoms with Crippen LogP contribution in [0.15, 0.2) is 0 Å². The van der Waals surface area contributed by atoms with Crippen molar-refractivity contribution in [1.82, 2.24) is 15.5 Å². The standard InChI is InChI=1S/C16H28N4O5S/c1-10(2)13(15(22)20-6-3-11(4-7-20)14(17)21)19-16(23)18-12-5-8-26(24,25)9-12/h10-13H,3-9H2,1-2H3,(H2,17,21)(H2,18,19,23)/t12-,13+/m1/s1. The molecule has 4 amide bonds. The van der Waals surface area contributed by atoms with Gasteiger partial charge in [-0.05, 0) is 25.2 Å². The van der Waals surface area contributed by atoms with E-state index >= 15 is 0 Å². The van der Waals surface area contributed by atoms with E-state index in [9.17, 15) is 22.8 Å². The highest BCUT2D eigenvalue weighted by Crippen LogP contribution is 2.19. The molecule has 0 aromatic carbocycles. The Bertz CT molecular complexity index is 656. The molecule has 0 aromatic rings. The molecule has 2 aliphatic heterocycles. The van der Waals surface area contributed by atoms with Crippen molar-refractivity contribution >= 4 is 27.7 Å². The first-order chi connectivity index (χ1) is 12.1. The summed E-state index contributed by atoms with van der Waals surface area (Å²) >= 11 is 0. The Labute approximate surface area is 154 Å². The predicted molar refractivity (Wildman–Crippen MR) is 95.9 cm³/mol. The van der Waals surface area contributed by atoms with E-state index in [1.807, 2.05) is 13.8 Å². The maximum Gasteiger partial charge on any atom is 0.315 e. The molecular formula is C16H28N4O5S. The minimum atomic E-state index is -3.09. The number of amides is 4. The largest absolute Gasteiger partial charge is 0.369 e. The first kappa shape index (κ1) is 20.5. The van der Waals surface area contributed by atoms with Gasteiger partial charge in [-0.3, -0.25) is 9.59 Å². The molecule has 0 aliphatic carbocycles. The fourth-order valence-electron chi connectivity index (χ4n) is 3.37. The van der Waals surface area contributed by atoms with Crippen molar-refractivity contribution < 1.29 is 22.8 Å². The quantitative estimate of drug-likeness (QED) is 0.567. The summed E-state index contributed by atoms with van der Waals surface area (Å²) in [6, 6.07) is -1.67. The van der Waals surface area contributed by atoms with Crippen molar-refractivity contribution in [3.05, 3.63) is 0 Å². The van der Waals surface area contributed by atoms with Crippen molar-refractivity contribution in [2.75, 3.05) is 24.6 Å². The average molecular weight is 388 g/mol. The number of urea groups is 1. The highest BCUT2D eigenvalue weighted by Gasteiger charge is 2.34. The minimum Gasteiger partial charge on any atom is -0.369 e. The lowest BCUT2D eigenvalue weighted by Crippen LogP contribution is -2.56. The smallest absolute Gasteiger partial charge is 0.315 e. The van der Waals surface area contributed by atoms with Gasteiger partial charge in [0.1, 0.15) is 6.04 Å². The molecule has 2 saturated heterocycles. The first-order valence-corrected chi connectivity index (χ1v) is 10.8. The van der Waals surface area contributed by atoms with Crippen LogP contribution in [-0.2, 0) is 19.4 Å². The van der Waals surface area contributed by atoms with E-state index < -0.39 is 28.0 Å². The van der Waals surface area contributed by atoms with Gasteiger partial charge >= 0.3 is 6.03 Å². The summed E-state index contributed by atoms with van der Waals surface area (Å²) in [6.45, 7) is 4.53. The van der Waals surface area contributed by atoms with Gasteiger partial charge < -0.3 is 21.3 Å². The summed E-state index contributed by atoms with van der Waals surface area (Å²) < 4.78 is 23.0. The Balaban J connectivity index is 1.90. The molecule has 0 bridgehead atoms. The zero-order chi connectivity index (χ0) is 19.5. The lowest BCUT2D eigenvalue weighted by Gasteiger charge is -2.34. The fourth-order valence-corrected chi connectivity index (χ4v) is 5.05. The number of primary amides is 1. The Hall–Kier alpha value is -1.84. The number of likely N-dealkylation sites (tertiary alicyclic amines) is 1. The molecule has 2 rings (SSSR count). The Morgan fingerprint density at radius 2 is 1.73 bits per heavy atom. The number of hydrogen-bond donors (Lipinski definition) is 3. The molecule has 2 aliphatic rings. The Morgan fingerprint density at radius 1 is 1.12 bits per heavy atom. The van der Waals surface area contributed by atoms with Crippen molar-refractivity contribution in [3.8, 4) is 0 Å². The molecule has 10 heteroatoms. The van der Waals surface area contributed by atoms with Crippen molar-refractivity contribution in [1.29, 1.82) is 0 Å². The third-order valence-corrected chi connectivity index (χ3v) is 6.76. The highest BCUT2D eigenvalue weighted by molar-refractivity contribution is 7.91. The van der Waals surface area contributed by atoms with Crippen LogP contribution in [0.3, 0.4) is 0 Å². The van der Waals surface area contributed by atoms with Gasteiger partial charge in [0.15, 0.2) is 9.84 Å². The topological polar surface area (TPSA) is 139 Å². The van der Waals surface area contributed by atoms with Gasteiger partial charge in [0.25, 0.3) is 0 Å². The maximum atomic E-state index is 12.8. The minimum absolute atomic E-state index is 0.0681. The summed E-state index contributed by atoms with van der Waals surface area (Å²) in [5, 5.41) is 5.31. The number of piperidine rings is 1. The number of nitrogens with zero attached hydrogens (tertiary/aromatic N) is 1. The van der Waals surface area contributed by atoms with Gasteiger partial charge in [-0.15, -0.1) is 0 Å². The van der Waals surface area contributed by atoms with E-state index in [4.69, 9.17) is 5.73 Å². The van der Waals surface area contributed by atoms with E-state index in [0.717, 1.165) is 0 Å². The van der Waals surface area contributed by atoms with Gasteiger partial charge in [0.05, 0.1) is 11.5 Å². The average Bonchev–Trinajstić information content (AvgIpc) is 2.90. The molecule has 0 aromatic heterocycles. The van der Waals surface area contributed by atoms with Crippen LogP contribution in [0.1, 0.15) is 33.1 Å². The van der Waals surface area contributed by atoms with Crippen LogP contribution in [0.4, 0.5) is 4.79 Å². The molecule has 2 fully saturated rings.